The molecule has 0 atom stereocenters. The number of imidazole rings is 1. The van der Waals surface area contributed by atoms with Gasteiger partial charge in [0, 0.05) is 30.8 Å². The van der Waals surface area contributed by atoms with Crippen LogP contribution in [0.15, 0.2) is 42.9 Å². The standard InChI is InChI=1S/C20H21N5O3/c26-19(16-11-21-13-22-16)24-10-8-17-15(12-24)18(20(27)28)23-25(17)9-4-7-14-5-2-1-3-6-14/h1-3,5-6,11,13H,4,7-10,12H2,(H,21,22)(H,27,28). The van der Waals surface area contributed by atoms with E-state index in [2.05, 4.69) is 27.2 Å². The number of rotatable bonds is 6. The fraction of sp³-hybridized carbons (Fsp3) is 0.300. The zero-order valence-electron chi connectivity index (χ0n) is 15.3. The van der Waals surface area contributed by atoms with Crippen LogP contribution in [0.5, 0.6) is 0 Å². The van der Waals surface area contributed by atoms with Gasteiger partial charge >= 0.3 is 5.97 Å². The molecule has 4 rings (SSSR count). The maximum Gasteiger partial charge on any atom is 0.356 e. The molecule has 3 heterocycles. The van der Waals surface area contributed by atoms with Crippen molar-refractivity contribution in [2.24, 2.45) is 0 Å². The molecule has 8 heteroatoms. The Labute approximate surface area is 161 Å². The number of H-pyrrole nitrogens is 1. The second kappa shape index (κ2) is 7.67. The van der Waals surface area contributed by atoms with Crippen LogP contribution in [0.3, 0.4) is 0 Å². The lowest BCUT2D eigenvalue weighted by Crippen LogP contribution is -2.37. The fourth-order valence-corrected chi connectivity index (χ4v) is 3.64. The monoisotopic (exact) mass is 379 g/mol. The Kier molecular flexibility index (Phi) is 4.92. The molecular weight excluding hydrogens is 358 g/mol. The van der Waals surface area contributed by atoms with Crippen LogP contribution >= 0.6 is 0 Å². The van der Waals surface area contributed by atoms with Crippen molar-refractivity contribution < 1.29 is 14.7 Å². The van der Waals surface area contributed by atoms with Gasteiger partial charge in [0.05, 0.1) is 19.1 Å². The smallest absolute Gasteiger partial charge is 0.356 e. The molecule has 0 fully saturated rings. The molecule has 1 amide bonds. The molecule has 0 bridgehead atoms. The van der Waals surface area contributed by atoms with Gasteiger partial charge in [0.2, 0.25) is 0 Å². The summed E-state index contributed by atoms with van der Waals surface area (Å²) in [6, 6.07) is 10.2. The number of hydrogen-bond acceptors (Lipinski definition) is 4. The first-order valence-corrected chi connectivity index (χ1v) is 9.27. The highest BCUT2D eigenvalue weighted by molar-refractivity contribution is 5.93. The third-order valence-corrected chi connectivity index (χ3v) is 5.03. The summed E-state index contributed by atoms with van der Waals surface area (Å²) in [5, 5.41) is 13.9. The number of carbonyl (C=O) groups excluding carboxylic acids is 1. The Bertz CT molecular complexity index is 979. The van der Waals surface area contributed by atoms with Crippen molar-refractivity contribution in [2.75, 3.05) is 6.54 Å². The number of amides is 1. The van der Waals surface area contributed by atoms with E-state index >= 15 is 0 Å². The van der Waals surface area contributed by atoms with E-state index in [4.69, 9.17) is 0 Å². The van der Waals surface area contributed by atoms with Crippen molar-refractivity contribution in [3.63, 3.8) is 0 Å². The zero-order chi connectivity index (χ0) is 19.5. The van der Waals surface area contributed by atoms with E-state index in [0.717, 1.165) is 18.5 Å². The number of nitrogens with zero attached hydrogens (tertiary/aromatic N) is 4. The second-order valence-corrected chi connectivity index (χ2v) is 6.83. The molecule has 0 saturated heterocycles. The number of fused-ring (bicyclic) bond motifs is 1. The molecule has 2 aromatic heterocycles. The van der Waals surface area contributed by atoms with Gasteiger partial charge in [0.25, 0.3) is 5.91 Å². The highest BCUT2D eigenvalue weighted by atomic mass is 16.4. The van der Waals surface area contributed by atoms with Gasteiger partial charge in [-0.1, -0.05) is 30.3 Å². The molecule has 8 nitrogen and oxygen atoms in total. The van der Waals surface area contributed by atoms with Crippen LogP contribution in [0.4, 0.5) is 0 Å². The van der Waals surface area contributed by atoms with E-state index in [1.54, 1.807) is 9.58 Å². The maximum absolute atomic E-state index is 12.6. The largest absolute Gasteiger partial charge is 0.476 e. The normalized spacial score (nSPS) is 13.4. The Morgan fingerprint density at radius 3 is 2.75 bits per heavy atom. The van der Waals surface area contributed by atoms with E-state index in [-0.39, 0.29) is 18.1 Å². The molecule has 0 radical (unpaired) electrons. The lowest BCUT2D eigenvalue weighted by atomic mass is 10.0. The van der Waals surface area contributed by atoms with E-state index in [1.165, 1.54) is 18.1 Å². The number of aromatic nitrogens is 4. The molecule has 28 heavy (non-hydrogen) atoms. The SMILES string of the molecule is O=C(O)c1nn(CCCc2ccccc2)c2c1CN(C(=O)c1cnc[nH]1)CC2. The van der Waals surface area contributed by atoms with Crippen molar-refractivity contribution in [3.8, 4) is 0 Å². The molecule has 0 saturated carbocycles. The number of benzene rings is 1. The summed E-state index contributed by atoms with van der Waals surface area (Å²) in [7, 11) is 0. The lowest BCUT2D eigenvalue weighted by Gasteiger charge is -2.27. The Balaban J connectivity index is 1.51. The van der Waals surface area contributed by atoms with Crippen LogP contribution in [0.2, 0.25) is 0 Å². The van der Waals surface area contributed by atoms with Crippen LogP contribution in [0, 0.1) is 0 Å². The summed E-state index contributed by atoms with van der Waals surface area (Å²) in [4.78, 5) is 32.6. The highest BCUT2D eigenvalue weighted by Gasteiger charge is 2.30. The van der Waals surface area contributed by atoms with Gasteiger partial charge in [-0.05, 0) is 18.4 Å². The predicted molar refractivity (Wildman–Crippen MR) is 101 cm³/mol. The molecule has 2 N–H and O–H groups in total. The van der Waals surface area contributed by atoms with E-state index < -0.39 is 5.97 Å². The molecular formula is C20H21N5O3. The van der Waals surface area contributed by atoms with Crippen molar-refractivity contribution in [3.05, 3.63) is 71.1 Å². The van der Waals surface area contributed by atoms with Crippen molar-refractivity contribution in [2.45, 2.75) is 32.4 Å². The summed E-state index contributed by atoms with van der Waals surface area (Å²) in [6.07, 6.45) is 5.29. The van der Waals surface area contributed by atoms with Crippen molar-refractivity contribution in [1.29, 1.82) is 0 Å². The van der Waals surface area contributed by atoms with Crippen LogP contribution in [-0.4, -0.2) is 48.2 Å². The highest BCUT2D eigenvalue weighted by Crippen LogP contribution is 2.24. The average Bonchev–Trinajstić information content (AvgIpc) is 3.36. The third kappa shape index (κ3) is 3.53. The number of nitrogens with one attached hydrogen (secondary N) is 1. The summed E-state index contributed by atoms with van der Waals surface area (Å²) in [6.45, 7) is 1.42. The molecule has 1 aliphatic rings. The Hall–Kier alpha value is -3.42. The minimum Gasteiger partial charge on any atom is -0.476 e. The van der Waals surface area contributed by atoms with Gasteiger partial charge in [-0.15, -0.1) is 0 Å². The first-order valence-electron chi connectivity index (χ1n) is 9.27. The number of carboxylic acid groups (broad SMARTS) is 1. The topological polar surface area (TPSA) is 104 Å². The van der Waals surface area contributed by atoms with Gasteiger partial charge in [-0.3, -0.25) is 9.48 Å². The van der Waals surface area contributed by atoms with Crippen LogP contribution in [0.25, 0.3) is 0 Å². The maximum atomic E-state index is 12.6. The molecule has 144 valence electrons. The quantitative estimate of drug-likeness (QED) is 0.683. The van der Waals surface area contributed by atoms with Crippen LogP contribution in [-0.2, 0) is 25.9 Å². The molecule has 0 aliphatic carbocycles. The fourth-order valence-electron chi connectivity index (χ4n) is 3.64. The number of hydrogen-bond donors (Lipinski definition) is 2. The lowest BCUT2D eigenvalue weighted by molar-refractivity contribution is 0.0673. The minimum atomic E-state index is -1.06. The first kappa shape index (κ1) is 18.0. The number of aromatic amines is 1. The predicted octanol–water partition coefficient (Wildman–Crippen LogP) is 2.14. The van der Waals surface area contributed by atoms with Gasteiger partial charge in [-0.25, -0.2) is 9.78 Å². The van der Waals surface area contributed by atoms with Crippen molar-refractivity contribution >= 4 is 11.9 Å². The zero-order valence-corrected chi connectivity index (χ0v) is 15.3. The molecule has 1 aliphatic heterocycles. The van der Waals surface area contributed by atoms with Gasteiger partial charge in [0.1, 0.15) is 5.69 Å². The Morgan fingerprint density at radius 2 is 2.04 bits per heavy atom. The molecule has 0 spiro atoms. The number of carboxylic acids is 1. The first-order chi connectivity index (χ1) is 13.6. The number of aryl methyl sites for hydroxylation is 2. The molecule has 3 aromatic rings. The van der Waals surface area contributed by atoms with Crippen molar-refractivity contribution in [1.82, 2.24) is 24.6 Å². The van der Waals surface area contributed by atoms with Gasteiger partial charge in [0.15, 0.2) is 5.69 Å². The summed E-state index contributed by atoms with van der Waals surface area (Å²) in [5.41, 5.74) is 3.23. The summed E-state index contributed by atoms with van der Waals surface area (Å²) < 4.78 is 1.81. The van der Waals surface area contributed by atoms with Gasteiger partial charge in [-0.2, -0.15) is 5.10 Å². The summed E-state index contributed by atoms with van der Waals surface area (Å²) in [5.74, 6) is -1.25. The average molecular weight is 379 g/mol. The van der Waals surface area contributed by atoms with E-state index in [9.17, 15) is 14.7 Å². The second-order valence-electron chi connectivity index (χ2n) is 6.83. The van der Waals surface area contributed by atoms with Crippen LogP contribution < -0.4 is 0 Å². The number of carbonyl (C=O) groups is 2. The summed E-state index contributed by atoms with van der Waals surface area (Å²) >= 11 is 0. The van der Waals surface area contributed by atoms with E-state index in [0.29, 0.717) is 30.8 Å². The number of aromatic carboxylic acids is 1. The molecule has 1 aromatic carbocycles. The minimum absolute atomic E-state index is 0.0387. The van der Waals surface area contributed by atoms with Gasteiger partial charge < -0.3 is 15.0 Å². The third-order valence-electron chi connectivity index (χ3n) is 5.03. The van der Waals surface area contributed by atoms with E-state index in [1.807, 2.05) is 18.2 Å². The van der Waals surface area contributed by atoms with Crippen LogP contribution in [0.1, 0.15) is 44.2 Å². The Morgan fingerprint density at radius 1 is 1.21 bits per heavy atom. The molecule has 0 unspecified atom stereocenters.